The van der Waals surface area contributed by atoms with Gasteiger partial charge in [-0.15, -0.1) is 0 Å². The molecule has 0 aliphatic rings. The van der Waals surface area contributed by atoms with Crippen molar-refractivity contribution in [2.75, 3.05) is 11.9 Å². The van der Waals surface area contributed by atoms with Gasteiger partial charge >= 0.3 is 5.97 Å². The van der Waals surface area contributed by atoms with Crippen molar-refractivity contribution in [1.29, 1.82) is 0 Å². The summed E-state index contributed by atoms with van der Waals surface area (Å²) in [5.41, 5.74) is 1.09. The number of carbonyl (C=O) groups excluding carboxylic acids is 1. The fourth-order valence-electron chi connectivity index (χ4n) is 1.78. The van der Waals surface area contributed by atoms with Gasteiger partial charge in [0.05, 0.1) is 9.13 Å². The van der Waals surface area contributed by atoms with Crippen molar-refractivity contribution in [3.8, 4) is 5.75 Å². The number of hydrogen-bond donors (Lipinski definition) is 2. The van der Waals surface area contributed by atoms with Gasteiger partial charge < -0.3 is 15.1 Å². The van der Waals surface area contributed by atoms with Crippen LogP contribution in [0.2, 0.25) is 0 Å². The summed E-state index contributed by atoms with van der Waals surface area (Å²) >= 11 is 1.97. The highest BCUT2D eigenvalue weighted by molar-refractivity contribution is 14.1. The van der Waals surface area contributed by atoms with E-state index < -0.39 is 5.97 Å². The number of halogens is 1. The summed E-state index contributed by atoms with van der Waals surface area (Å²) in [6.07, 6.45) is 0. The molecule has 2 aromatic rings. The Morgan fingerprint density at radius 1 is 1.05 bits per heavy atom. The molecule has 0 atom stereocenters. The van der Waals surface area contributed by atoms with Crippen molar-refractivity contribution in [2.45, 2.75) is 0 Å². The lowest BCUT2D eigenvalue weighted by molar-refractivity contribution is 0.0696. The van der Waals surface area contributed by atoms with Gasteiger partial charge in [-0.2, -0.15) is 0 Å². The van der Waals surface area contributed by atoms with E-state index in [9.17, 15) is 14.7 Å². The zero-order chi connectivity index (χ0) is 15.6. The largest absolute Gasteiger partial charge is 0.507 e. The van der Waals surface area contributed by atoms with Crippen molar-refractivity contribution in [3.05, 3.63) is 57.2 Å². The SMILES string of the molecule is CN(C(=O)c1ccc(I)c(O)c1)c1ccc(C(=O)O)cc1. The molecule has 0 unspecified atom stereocenters. The van der Waals surface area contributed by atoms with E-state index >= 15 is 0 Å². The summed E-state index contributed by atoms with van der Waals surface area (Å²) in [5.74, 6) is -1.25. The molecule has 0 saturated heterocycles. The van der Waals surface area contributed by atoms with Crippen molar-refractivity contribution < 1.29 is 19.8 Å². The maximum Gasteiger partial charge on any atom is 0.335 e. The number of nitrogens with zero attached hydrogens (tertiary/aromatic N) is 1. The summed E-state index contributed by atoms with van der Waals surface area (Å²) in [6, 6.07) is 10.7. The molecule has 0 heterocycles. The normalized spacial score (nSPS) is 10.2. The highest BCUT2D eigenvalue weighted by Crippen LogP contribution is 2.23. The van der Waals surface area contributed by atoms with Crippen LogP contribution >= 0.6 is 22.6 Å². The number of carboxylic acid groups (broad SMARTS) is 1. The molecule has 108 valence electrons. The number of phenolic OH excluding ortho intramolecular Hbond substituents is 1. The van der Waals surface area contributed by atoms with Crippen LogP contribution in [0.1, 0.15) is 20.7 Å². The molecule has 0 spiro atoms. The molecule has 2 aromatic carbocycles. The topological polar surface area (TPSA) is 77.8 Å². The van der Waals surface area contributed by atoms with E-state index in [0.717, 1.165) is 0 Å². The second kappa shape index (κ2) is 6.13. The molecule has 0 bridgehead atoms. The number of carbonyl (C=O) groups is 2. The molecule has 0 aliphatic heterocycles. The minimum absolute atomic E-state index is 0.0519. The summed E-state index contributed by atoms with van der Waals surface area (Å²) < 4.78 is 0.664. The molecule has 5 nitrogen and oxygen atoms in total. The summed E-state index contributed by atoms with van der Waals surface area (Å²) in [5, 5.41) is 18.5. The number of rotatable bonds is 3. The van der Waals surface area contributed by atoms with Gasteiger partial charge in [0.2, 0.25) is 0 Å². The van der Waals surface area contributed by atoms with Crippen LogP contribution in [0, 0.1) is 3.57 Å². The van der Waals surface area contributed by atoms with Crippen LogP contribution in [-0.4, -0.2) is 29.1 Å². The Kier molecular flexibility index (Phi) is 4.46. The second-order valence-corrected chi connectivity index (χ2v) is 5.54. The number of aromatic hydroxyl groups is 1. The maximum atomic E-state index is 12.3. The van der Waals surface area contributed by atoms with E-state index in [4.69, 9.17) is 5.11 Å². The molecule has 0 aromatic heterocycles. The third-order valence-electron chi connectivity index (χ3n) is 3.00. The quantitative estimate of drug-likeness (QED) is 0.781. The summed E-state index contributed by atoms with van der Waals surface area (Å²) in [6.45, 7) is 0. The first-order chi connectivity index (χ1) is 9.90. The van der Waals surface area contributed by atoms with Crippen LogP contribution in [0.4, 0.5) is 5.69 Å². The van der Waals surface area contributed by atoms with Gasteiger partial charge in [-0.05, 0) is 65.1 Å². The van der Waals surface area contributed by atoms with Crippen LogP contribution in [0.25, 0.3) is 0 Å². The lowest BCUT2D eigenvalue weighted by Crippen LogP contribution is -2.26. The van der Waals surface area contributed by atoms with E-state index in [0.29, 0.717) is 14.8 Å². The van der Waals surface area contributed by atoms with Gasteiger partial charge in [-0.25, -0.2) is 4.79 Å². The lowest BCUT2D eigenvalue weighted by Gasteiger charge is -2.17. The van der Waals surface area contributed by atoms with Gasteiger partial charge in [-0.3, -0.25) is 4.79 Å². The average Bonchev–Trinajstić information content (AvgIpc) is 2.48. The molecule has 0 saturated carbocycles. The predicted octanol–water partition coefficient (Wildman–Crippen LogP) is 2.97. The Bertz CT molecular complexity index is 697. The standard InChI is InChI=1S/C15H12INO4/c1-17(11-5-2-9(3-6-11)15(20)21)14(19)10-4-7-12(16)13(18)8-10/h2-8,18H,1H3,(H,20,21). The van der Waals surface area contributed by atoms with Gasteiger partial charge in [0.1, 0.15) is 5.75 Å². The Balaban J connectivity index is 2.25. The molecular formula is C15H12INO4. The molecule has 0 radical (unpaired) electrons. The first kappa shape index (κ1) is 15.3. The van der Waals surface area contributed by atoms with Gasteiger partial charge in [-0.1, -0.05) is 0 Å². The first-order valence-corrected chi connectivity index (χ1v) is 7.08. The van der Waals surface area contributed by atoms with Gasteiger partial charge in [0.25, 0.3) is 5.91 Å². The molecular weight excluding hydrogens is 385 g/mol. The number of anilines is 1. The highest BCUT2D eigenvalue weighted by Gasteiger charge is 2.15. The number of amides is 1. The zero-order valence-corrected chi connectivity index (χ0v) is 13.2. The predicted molar refractivity (Wildman–Crippen MR) is 87.0 cm³/mol. The smallest absolute Gasteiger partial charge is 0.335 e. The number of aromatic carboxylic acids is 1. The van der Waals surface area contributed by atoms with Crippen molar-refractivity contribution in [1.82, 2.24) is 0 Å². The Hall–Kier alpha value is -2.09. The minimum atomic E-state index is -1.02. The first-order valence-electron chi connectivity index (χ1n) is 6.00. The Morgan fingerprint density at radius 3 is 2.14 bits per heavy atom. The number of carboxylic acids is 1. The third-order valence-corrected chi connectivity index (χ3v) is 3.91. The zero-order valence-electron chi connectivity index (χ0n) is 11.1. The molecule has 1 amide bonds. The molecule has 0 aliphatic carbocycles. The van der Waals surface area contributed by atoms with Crippen molar-refractivity contribution >= 4 is 40.2 Å². The van der Waals surface area contributed by atoms with E-state index in [1.54, 1.807) is 31.3 Å². The monoisotopic (exact) mass is 397 g/mol. The average molecular weight is 397 g/mol. The van der Waals surface area contributed by atoms with Crippen LogP contribution in [0.3, 0.4) is 0 Å². The fourth-order valence-corrected chi connectivity index (χ4v) is 2.12. The van der Waals surface area contributed by atoms with E-state index in [-0.39, 0.29) is 17.2 Å². The number of benzene rings is 2. The molecule has 6 heteroatoms. The van der Waals surface area contributed by atoms with Gasteiger partial charge in [0, 0.05) is 18.3 Å². The Morgan fingerprint density at radius 2 is 1.62 bits per heavy atom. The molecule has 2 N–H and O–H groups in total. The van der Waals surface area contributed by atoms with Gasteiger partial charge in [0.15, 0.2) is 0 Å². The second-order valence-electron chi connectivity index (χ2n) is 4.38. The van der Waals surface area contributed by atoms with Crippen LogP contribution in [0.5, 0.6) is 5.75 Å². The van der Waals surface area contributed by atoms with Crippen LogP contribution in [0.15, 0.2) is 42.5 Å². The highest BCUT2D eigenvalue weighted by atomic mass is 127. The third kappa shape index (κ3) is 3.33. The summed E-state index contributed by atoms with van der Waals surface area (Å²) in [4.78, 5) is 24.5. The summed E-state index contributed by atoms with van der Waals surface area (Å²) in [7, 11) is 1.59. The maximum absolute atomic E-state index is 12.3. The van der Waals surface area contributed by atoms with Crippen LogP contribution < -0.4 is 4.90 Å². The number of phenols is 1. The molecule has 2 rings (SSSR count). The molecule has 21 heavy (non-hydrogen) atoms. The lowest BCUT2D eigenvalue weighted by atomic mass is 10.1. The minimum Gasteiger partial charge on any atom is -0.507 e. The Labute approximate surface area is 135 Å². The van der Waals surface area contributed by atoms with E-state index in [2.05, 4.69) is 0 Å². The molecule has 0 fully saturated rings. The van der Waals surface area contributed by atoms with Crippen molar-refractivity contribution in [3.63, 3.8) is 0 Å². The number of hydrogen-bond acceptors (Lipinski definition) is 3. The fraction of sp³-hybridized carbons (Fsp3) is 0.0667. The van der Waals surface area contributed by atoms with E-state index in [1.807, 2.05) is 22.6 Å². The van der Waals surface area contributed by atoms with Crippen molar-refractivity contribution in [2.24, 2.45) is 0 Å². The van der Waals surface area contributed by atoms with E-state index in [1.165, 1.54) is 23.1 Å². The van der Waals surface area contributed by atoms with Crippen LogP contribution in [-0.2, 0) is 0 Å².